The molecule has 0 aromatic heterocycles. The Labute approximate surface area is 115 Å². The summed E-state index contributed by atoms with van der Waals surface area (Å²) in [7, 11) is 0. The predicted molar refractivity (Wildman–Crippen MR) is 80.6 cm³/mol. The Hall–Kier alpha value is 0. The fourth-order valence-corrected chi connectivity index (χ4v) is 4.69. The summed E-state index contributed by atoms with van der Waals surface area (Å²) in [5.74, 6) is 3.92. The van der Waals surface area contributed by atoms with Crippen LogP contribution in [0.2, 0.25) is 0 Å². The first-order valence-corrected chi connectivity index (χ1v) is 8.50. The van der Waals surface area contributed by atoms with E-state index in [4.69, 9.17) is 0 Å². The fraction of sp³-hybridized carbons (Fsp3) is 1.00. The Morgan fingerprint density at radius 3 is 2.00 bits per heavy atom. The third-order valence-electron chi connectivity index (χ3n) is 6.43. The van der Waals surface area contributed by atoms with E-state index in [1.807, 2.05) is 0 Å². The second-order valence-corrected chi connectivity index (χ2v) is 8.05. The minimum Gasteiger partial charge on any atom is -0.0622 e. The van der Waals surface area contributed by atoms with Crippen LogP contribution in [0.3, 0.4) is 0 Å². The van der Waals surface area contributed by atoms with Crippen molar-refractivity contribution in [3.05, 3.63) is 0 Å². The van der Waals surface area contributed by atoms with Crippen LogP contribution in [0.4, 0.5) is 0 Å². The maximum Gasteiger partial charge on any atom is -0.0323 e. The lowest BCUT2D eigenvalue weighted by Gasteiger charge is -2.43. The molecule has 0 spiro atoms. The van der Waals surface area contributed by atoms with E-state index in [1.165, 1.54) is 57.8 Å². The maximum absolute atomic E-state index is 2.54. The molecule has 0 heterocycles. The van der Waals surface area contributed by atoms with Gasteiger partial charge < -0.3 is 0 Å². The first kappa shape index (κ1) is 14.4. The molecular weight excluding hydrogens is 216 g/mol. The summed E-state index contributed by atoms with van der Waals surface area (Å²) in [5, 5.41) is 0. The first-order chi connectivity index (χ1) is 8.50. The molecule has 2 aliphatic carbocycles. The van der Waals surface area contributed by atoms with Gasteiger partial charge in [-0.15, -0.1) is 0 Å². The smallest absolute Gasteiger partial charge is 0.0323 e. The van der Waals surface area contributed by atoms with E-state index in [2.05, 4.69) is 27.7 Å². The van der Waals surface area contributed by atoms with Crippen molar-refractivity contribution in [1.29, 1.82) is 0 Å². The lowest BCUT2D eigenvalue weighted by atomic mass is 9.62. The predicted octanol–water partition coefficient (Wildman–Crippen LogP) is 6.06. The van der Waals surface area contributed by atoms with Gasteiger partial charge in [-0.05, 0) is 35.5 Å². The molecule has 0 bridgehead atoms. The van der Waals surface area contributed by atoms with E-state index < -0.39 is 0 Å². The molecule has 0 heteroatoms. The summed E-state index contributed by atoms with van der Waals surface area (Å²) in [4.78, 5) is 0. The lowest BCUT2D eigenvalue weighted by Crippen LogP contribution is -2.34. The molecule has 0 nitrogen and oxygen atoms in total. The quantitative estimate of drug-likeness (QED) is 0.531. The Morgan fingerprint density at radius 1 is 0.722 bits per heavy atom. The second-order valence-electron chi connectivity index (χ2n) is 8.05. The zero-order valence-corrected chi connectivity index (χ0v) is 13.2. The van der Waals surface area contributed by atoms with E-state index in [-0.39, 0.29) is 0 Å². The largest absolute Gasteiger partial charge is 0.0622 e. The van der Waals surface area contributed by atoms with Crippen LogP contribution in [0.25, 0.3) is 0 Å². The van der Waals surface area contributed by atoms with E-state index in [1.54, 1.807) is 0 Å². The van der Waals surface area contributed by atoms with Gasteiger partial charge in [0.2, 0.25) is 0 Å². The molecule has 0 aliphatic heterocycles. The van der Waals surface area contributed by atoms with Crippen LogP contribution in [-0.4, -0.2) is 0 Å². The molecule has 106 valence electrons. The van der Waals surface area contributed by atoms with Crippen LogP contribution in [0, 0.1) is 29.1 Å². The second kappa shape index (κ2) is 5.97. The van der Waals surface area contributed by atoms with Crippen LogP contribution in [0.5, 0.6) is 0 Å². The van der Waals surface area contributed by atoms with Gasteiger partial charge in [-0.3, -0.25) is 0 Å². The first-order valence-electron chi connectivity index (χ1n) is 8.50. The third-order valence-corrected chi connectivity index (χ3v) is 6.43. The fourth-order valence-electron chi connectivity index (χ4n) is 4.69. The van der Waals surface area contributed by atoms with Crippen molar-refractivity contribution in [2.24, 2.45) is 29.1 Å². The van der Waals surface area contributed by atoms with Crippen molar-refractivity contribution in [2.75, 3.05) is 0 Å². The molecule has 2 fully saturated rings. The summed E-state index contributed by atoms with van der Waals surface area (Å²) in [6.07, 6.45) is 13.5. The van der Waals surface area contributed by atoms with E-state index in [0.29, 0.717) is 5.41 Å². The molecule has 0 aromatic rings. The molecule has 0 N–H and O–H groups in total. The molecule has 2 saturated carbocycles. The molecule has 0 aromatic carbocycles. The van der Waals surface area contributed by atoms with Crippen molar-refractivity contribution < 1.29 is 0 Å². The molecular formula is C18H34. The van der Waals surface area contributed by atoms with Crippen LogP contribution in [0.15, 0.2) is 0 Å². The van der Waals surface area contributed by atoms with Crippen molar-refractivity contribution in [2.45, 2.75) is 85.5 Å². The molecule has 0 saturated heterocycles. The Morgan fingerprint density at radius 2 is 1.33 bits per heavy atom. The Bertz CT molecular complexity index is 247. The van der Waals surface area contributed by atoms with Crippen molar-refractivity contribution in [1.82, 2.24) is 0 Å². The van der Waals surface area contributed by atoms with Crippen molar-refractivity contribution >= 4 is 0 Å². The van der Waals surface area contributed by atoms with Crippen LogP contribution in [-0.2, 0) is 0 Å². The Balaban J connectivity index is 2.03. The minimum atomic E-state index is 0.557. The van der Waals surface area contributed by atoms with Gasteiger partial charge in [-0.25, -0.2) is 0 Å². The summed E-state index contributed by atoms with van der Waals surface area (Å²) in [6.45, 7) is 10.1. The number of hydrogen-bond acceptors (Lipinski definition) is 0. The third kappa shape index (κ3) is 3.31. The van der Waals surface area contributed by atoms with Gasteiger partial charge in [-0.2, -0.15) is 0 Å². The van der Waals surface area contributed by atoms with Crippen molar-refractivity contribution in [3.8, 4) is 0 Å². The molecule has 3 atom stereocenters. The molecule has 0 amide bonds. The van der Waals surface area contributed by atoms with Gasteiger partial charge >= 0.3 is 0 Å². The standard InChI is InChI=1S/C18H34/c1-14-9-8-12-17(13-18(3,4)15(14)2)16-10-6-5-7-11-16/h14-17H,5-13H2,1-4H3/t14?,15-,17?/m0/s1. The number of hydrogen-bond donors (Lipinski definition) is 0. The Kier molecular flexibility index (Phi) is 4.78. The molecule has 2 rings (SSSR count). The van der Waals surface area contributed by atoms with Gasteiger partial charge in [0.25, 0.3) is 0 Å². The van der Waals surface area contributed by atoms with Crippen molar-refractivity contribution in [3.63, 3.8) is 0 Å². The zero-order valence-electron chi connectivity index (χ0n) is 13.2. The van der Waals surface area contributed by atoms with Gasteiger partial charge in [0.1, 0.15) is 0 Å². The van der Waals surface area contributed by atoms with Gasteiger partial charge in [0.05, 0.1) is 0 Å². The monoisotopic (exact) mass is 250 g/mol. The summed E-state index contributed by atoms with van der Waals surface area (Å²) >= 11 is 0. The topological polar surface area (TPSA) is 0 Å². The average molecular weight is 250 g/mol. The average Bonchev–Trinajstić information content (AvgIpc) is 2.36. The zero-order chi connectivity index (χ0) is 13.2. The van der Waals surface area contributed by atoms with Gasteiger partial charge in [0.15, 0.2) is 0 Å². The highest BCUT2D eigenvalue weighted by Gasteiger charge is 2.36. The van der Waals surface area contributed by atoms with E-state index in [9.17, 15) is 0 Å². The van der Waals surface area contributed by atoms with Gasteiger partial charge in [0, 0.05) is 0 Å². The summed E-state index contributed by atoms with van der Waals surface area (Å²) in [5.41, 5.74) is 0.557. The highest BCUT2D eigenvalue weighted by Crippen LogP contribution is 2.47. The highest BCUT2D eigenvalue weighted by molar-refractivity contribution is 4.87. The van der Waals surface area contributed by atoms with Crippen LogP contribution < -0.4 is 0 Å². The summed E-state index contributed by atoms with van der Waals surface area (Å²) in [6, 6.07) is 0. The summed E-state index contributed by atoms with van der Waals surface area (Å²) < 4.78 is 0. The molecule has 2 unspecified atom stereocenters. The highest BCUT2D eigenvalue weighted by atomic mass is 14.4. The molecule has 18 heavy (non-hydrogen) atoms. The SMILES string of the molecule is CC1CCCC(C2CCCCC2)CC(C)(C)[C@H]1C. The molecule has 2 aliphatic rings. The molecule has 0 radical (unpaired) electrons. The van der Waals surface area contributed by atoms with Crippen LogP contribution in [0.1, 0.15) is 85.5 Å². The lowest BCUT2D eigenvalue weighted by molar-refractivity contribution is 0.0682. The van der Waals surface area contributed by atoms with E-state index >= 15 is 0 Å². The number of rotatable bonds is 1. The normalized spacial score (nSPS) is 39.0. The maximum atomic E-state index is 2.54. The van der Waals surface area contributed by atoms with Crippen LogP contribution >= 0.6 is 0 Å². The van der Waals surface area contributed by atoms with E-state index in [0.717, 1.165) is 23.7 Å². The minimum absolute atomic E-state index is 0.557. The van der Waals surface area contributed by atoms with Gasteiger partial charge in [-0.1, -0.05) is 79.1 Å².